The standard InChI is InChI=1S/C16H16F3N5O2S/c1-24-14(16(17,18)19)22-23-15(24)27-8-12(25)21-11-5-3-2-4-10(11)13(26)20-9-6-7-9/h2-5,9H,6-8H2,1H3,(H,20,26)(H,21,25). The molecule has 1 aromatic heterocycles. The largest absolute Gasteiger partial charge is 0.451 e. The van der Waals surface area contributed by atoms with Crippen LogP contribution in [0.5, 0.6) is 0 Å². The summed E-state index contributed by atoms with van der Waals surface area (Å²) in [5.41, 5.74) is 0.677. The van der Waals surface area contributed by atoms with Crippen molar-refractivity contribution in [1.29, 1.82) is 0 Å². The van der Waals surface area contributed by atoms with Gasteiger partial charge in [0.05, 0.1) is 17.0 Å². The van der Waals surface area contributed by atoms with E-state index >= 15 is 0 Å². The summed E-state index contributed by atoms with van der Waals surface area (Å²) in [4.78, 5) is 24.4. The minimum absolute atomic E-state index is 0.0303. The van der Waals surface area contributed by atoms with Gasteiger partial charge in [-0.25, -0.2) is 0 Å². The van der Waals surface area contributed by atoms with Gasteiger partial charge in [0.1, 0.15) is 0 Å². The van der Waals surface area contributed by atoms with Crippen molar-refractivity contribution in [3.63, 3.8) is 0 Å². The summed E-state index contributed by atoms with van der Waals surface area (Å²) in [6, 6.07) is 6.72. The zero-order valence-corrected chi connectivity index (χ0v) is 15.0. The molecule has 0 radical (unpaired) electrons. The number of carbonyl (C=O) groups excluding carboxylic acids is 2. The Morgan fingerprint density at radius 2 is 1.96 bits per heavy atom. The number of anilines is 1. The molecule has 2 amide bonds. The first-order valence-corrected chi connectivity index (χ1v) is 9.03. The Balaban J connectivity index is 1.62. The normalized spacial score (nSPS) is 14.1. The van der Waals surface area contributed by atoms with Crippen molar-refractivity contribution in [3.05, 3.63) is 35.7 Å². The molecule has 2 aromatic rings. The molecule has 7 nitrogen and oxygen atoms in total. The number of carbonyl (C=O) groups is 2. The van der Waals surface area contributed by atoms with Crippen molar-refractivity contribution < 1.29 is 22.8 Å². The summed E-state index contributed by atoms with van der Waals surface area (Å²) in [6.07, 6.45) is -2.74. The Kier molecular flexibility index (Phi) is 5.40. The van der Waals surface area contributed by atoms with Crippen LogP contribution in [0.2, 0.25) is 0 Å². The fraction of sp³-hybridized carbons (Fsp3) is 0.375. The molecule has 0 atom stereocenters. The summed E-state index contributed by atoms with van der Waals surface area (Å²) < 4.78 is 38.9. The average molecular weight is 399 g/mol. The maximum absolute atomic E-state index is 12.7. The van der Waals surface area contributed by atoms with E-state index in [1.807, 2.05) is 0 Å². The molecule has 1 aromatic carbocycles. The second-order valence-corrected chi connectivity index (χ2v) is 6.94. The number of benzene rings is 1. The summed E-state index contributed by atoms with van der Waals surface area (Å²) in [6.45, 7) is 0. The van der Waals surface area contributed by atoms with Crippen LogP contribution in [0, 0.1) is 0 Å². The highest BCUT2D eigenvalue weighted by Gasteiger charge is 2.37. The molecule has 0 spiro atoms. The number of nitrogens with one attached hydrogen (secondary N) is 2. The van der Waals surface area contributed by atoms with Crippen molar-refractivity contribution >= 4 is 29.3 Å². The second-order valence-electron chi connectivity index (χ2n) is 5.99. The topological polar surface area (TPSA) is 88.9 Å². The Morgan fingerprint density at radius 3 is 2.59 bits per heavy atom. The number of amides is 2. The highest BCUT2D eigenvalue weighted by Crippen LogP contribution is 2.29. The van der Waals surface area contributed by atoms with Crippen LogP contribution in [0.25, 0.3) is 0 Å². The number of aromatic nitrogens is 3. The Hall–Kier alpha value is -2.56. The molecule has 1 fully saturated rings. The fourth-order valence-corrected chi connectivity index (χ4v) is 3.00. The first-order chi connectivity index (χ1) is 12.8. The van der Waals surface area contributed by atoms with Gasteiger partial charge < -0.3 is 15.2 Å². The first-order valence-electron chi connectivity index (χ1n) is 8.05. The van der Waals surface area contributed by atoms with Gasteiger partial charge in [0, 0.05) is 13.1 Å². The number of halogens is 3. The predicted molar refractivity (Wildman–Crippen MR) is 92.3 cm³/mol. The first kappa shape index (κ1) is 19.2. The van der Waals surface area contributed by atoms with Crippen molar-refractivity contribution in [2.45, 2.75) is 30.2 Å². The molecule has 11 heteroatoms. The molecule has 1 aliphatic rings. The zero-order chi connectivity index (χ0) is 19.6. The van der Waals surface area contributed by atoms with Crippen LogP contribution in [-0.2, 0) is 18.0 Å². The lowest BCUT2D eigenvalue weighted by molar-refractivity contribution is -0.147. The predicted octanol–water partition coefficient (Wildman–Crippen LogP) is 2.46. The van der Waals surface area contributed by atoms with Crippen LogP contribution in [0.3, 0.4) is 0 Å². The van der Waals surface area contributed by atoms with E-state index in [1.165, 1.54) is 7.05 Å². The minimum atomic E-state index is -4.61. The third kappa shape index (κ3) is 4.79. The maximum Gasteiger partial charge on any atom is 0.451 e. The van der Waals surface area contributed by atoms with Crippen molar-refractivity contribution in [3.8, 4) is 0 Å². The Labute approximate surface area is 156 Å². The van der Waals surface area contributed by atoms with Crippen LogP contribution in [0.15, 0.2) is 29.4 Å². The van der Waals surface area contributed by atoms with E-state index in [1.54, 1.807) is 24.3 Å². The van der Waals surface area contributed by atoms with E-state index in [2.05, 4.69) is 20.8 Å². The van der Waals surface area contributed by atoms with E-state index in [0.717, 1.165) is 29.2 Å². The lowest BCUT2D eigenvalue weighted by Gasteiger charge is -2.11. The quantitative estimate of drug-likeness (QED) is 0.729. The van der Waals surface area contributed by atoms with Crippen LogP contribution in [0.1, 0.15) is 29.0 Å². The second kappa shape index (κ2) is 7.59. The van der Waals surface area contributed by atoms with Crippen LogP contribution >= 0.6 is 11.8 Å². The van der Waals surface area contributed by atoms with E-state index < -0.39 is 17.9 Å². The van der Waals surface area contributed by atoms with E-state index in [9.17, 15) is 22.8 Å². The van der Waals surface area contributed by atoms with Gasteiger partial charge in [-0.2, -0.15) is 13.2 Å². The third-order valence-electron chi connectivity index (χ3n) is 3.78. The van der Waals surface area contributed by atoms with Crippen LogP contribution in [0.4, 0.5) is 18.9 Å². The molecule has 1 saturated carbocycles. The van der Waals surface area contributed by atoms with Gasteiger partial charge in [-0.3, -0.25) is 9.59 Å². The average Bonchev–Trinajstić information content (AvgIpc) is 3.32. The van der Waals surface area contributed by atoms with Gasteiger partial charge in [0.15, 0.2) is 5.16 Å². The lowest BCUT2D eigenvalue weighted by Crippen LogP contribution is -2.27. The molecule has 144 valence electrons. The molecule has 1 heterocycles. The molecule has 3 rings (SSSR count). The summed E-state index contributed by atoms with van der Waals surface area (Å²) in [7, 11) is 1.18. The van der Waals surface area contributed by atoms with Crippen molar-refractivity contribution in [1.82, 2.24) is 20.1 Å². The van der Waals surface area contributed by atoms with E-state index in [-0.39, 0.29) is 22.9 Å². The van der Waals surface area contributed by atoms with Gasteiger partial charge in [-0.15, -0.1) is 10.2 Å². The smallest absolute Gasteiger partial charge is 0.349 e. The van der Waals surface area contributed by atoms with Gasteiger partial charge >= 0.3 is 6.18 Å². The molecule has 1 aliphatic carbocycles. The van der Waals surface area contributed by atoms with Crippen molar-refractivity contribution in [2.75, 3.05) is 11.1 Å². The van der Waals surface area contributed by atoms with Gasteiger partial charge in [0.2, 0.25) is 11.7 Å². The molecular formula is C16H16F3N5O2S. The summed E-state index contributed by atoms with van der Waals surface area (Å²) >= 11 is 0.823. The molecular weight excluding hydrogens is 383 g/mol. The Bertz CT molecular complexity index is 864. The molecule has 0 bridgehead atoms. The number of thioether (sulfide) groups is 1. The molecule has 0 unspecified atom stereocenters. The van der Waals surface area contributed by atoms with Gasteiger partial charge in [-0.1, -0.05) is 23.9 Å². The van der Waals surface area contributed by atoms with Gasteiger partial charge in [0.25, 0.3) is 5.91 Å². The monoisotopic (exact) mass is 399 g/mol. The number of rotatable bonds is 6. The number of alkyl halides is 3. The maximum atomic E-state index is 12.7. The molecule has 2 N–H and O–H groups in total. The van der Waals surface area contributed by atoms with Crippen LogP contribution < -0.4 is 10.6 Å². The molecule has 0 aliphatic heterocycles. The fourth-order valence-electron chi connectivity index (χ4n) is 2.28. The third-order valence-corrected chi connectivity index (χ3v) is 4.80. The molecule has 27 heavy (non-hydrogen) atoms. The van der Waals surface area contributed by atoms with E-state index in [0.29, 0.717) is 11.3 Å². The van der Waals surface area contributed by atoms with Crippen LogP contribution in [-0.4, -0.2) is 38.4 Å². The SMILES string of the molecule is Cn1c(SCC(=O)Nc2ccccc2C(=O)NC2CC2)nnc1C(F)(F)F. The van der Waals surface area contributed by atoms with Gasteiger partial charge in [-0.05, 0) is 25.0 Å². The minimum Gasteiger partial charge on any atom is -0.349 e. The number of hydrogen-bond acceptors (Lipinski definition) is 5. The van der Waals surface area contributed by atoms with Crippen molar-refractivity contribution in [2.24, 2.45) is 7.05 Å². The Morgan fingerprint density at radius 1 is 1.26 bits per heavy atom. The highest BCUT2D eigenvalue weighted by molar-refractivity contribution is 7.99. The lowest BCUT2D eigenvalue weighted by atomic mass is 10.1. The zero-order valence-electron chi connectivity index (χ0n) is 14.2. The number of nitrogens with zero attached hydrogens (tertiary/aromatic N) is 3. The highest BCUT2D eigenvalue weighted by atomic mass is 32.2. The number of para-hydroxylation sites is 1. The summed E-state index contributed by atoms with van der Waals surface area (Å²) in [5.74, 6) is -2.05. The number of hydrogen-bond donors (Lipinski definition) is 2. The molecule has 0 saturated heterocycles. The van der Waals surface area contributed by atoms with E-state index in [4.69, 9.17) is 0 Å². The summed E-state index contributed by atoms with van der Waals surface area (Å²) in [5, 5.41) is 12.0.